The quantitative estimate of drug-likeness (QED) is 0.897. The molecule has 1 fully saturated rings. The summed E-state index contributed by atoms with van der Waals surface area (Å²) >= 11 is 0. The number of likely N-dealkylation sites (tertiary alicyclic amines) is 1. The highest BCUT2D eigenvalue weighted by molar-refractivity contribution is 5.78. The molecule has 0 atom stereocenters. The monoisotopic (exact) mass is 292 g/mol. The lowest BCUT2D eigenvalue weighted by Gasteiger charge is -2.31. The Balaban J connectivity index is 1.95. The zero-order valence-corrected chi connectivity index (χ0v) is 13.0. The standard InChI is InChI=1S/C16H24N2O3/c1-17-16(19)13-4-6-18(7-5-13)11-12-8-14(20-2)10-15(9-12)21-3/h8-10,13H,4-7,11H2,1-3H3,(H,17,19). The molecule has 1 heterocycles. The fraction of sp³-hybridized carbons (Fsp3) is 0.562. The van der Waals surface area contributed by atoms with E-state index < -0.39 is 0 Å². The Morgan fingerprint density at radius 1 is 1.19 bits per heavy atom. The Morgan fingerprint density at radius 3 is 2.24 bits per heavy atom. The second kappa shape index (κ2) is 7.31. The summed E-state index contributed by atoms with van der Waals surface area (Å²) in [5.74, 6) is 1.94. The minimum Gasteiger partial charge on any atom is -0.497 e. The maximum absolute atomic E-state index is 11.6. The minimum atomic E-state index is 0.158. The zero-order chi connectivity index (χ0) is 15.2. The van der Waals surface area contributed by atoms with Gasteiger partial charge in [-0.1, -0.05) is 0 Å². The van der Waals surface area contributed by atoms with Crippen LogP contribution in [0, 0.1) is 5.92 Å². The summed E-state index contributed by atoms with van der Waals surface area (Å²) in [6.45, 7) is 2.74. The van der Waals surface area contributed by atoms with E-state index in [1.165, 1.54) is 5.56 Å². The van der Waals surface area contributed by atoms with Gasteiger partial charge in [-0.25, -0.2) is 0 Å². The van der Waals surface area contributed by atoms with Crippen molar-refractivity contribution in [3.8, 4) is 11.5 Å². The molecule has 0 spiro atoms. The molecule has 1 aromatic carbocycles. The molecule has 1 amide bonds. The Kier molecular flexibility index (Phi) is 5.44. The van der Waals surface area contributed by atoms with Gasteiger partial charge in [0.25, 0.3) is 0 Å². The lowest BCUT2D eigenvalue weighted by molar-refractivity contribution is -0.125. The predicted octanol–water partition coefficient (Wildman–Crippen LogP) is 1.66. The van der Waals surface area contributed by atoms with E-state index in [2.05, 4.69) is 10.2 Å². The summed E-state index contributed by atoms with van der Waals surface area (Å²) in [5, 5.41) is 2.74. The molecule has 5 nitrogen and oxygen atoms in total. The third-order valence-electron chi connectivity index (χ3n) is 4.02. The molecule has 0 saturated carbocycles. The van der Waals surface area contributed by atoms with E-state index in [0.717, 1.165) is 44.0 Å². The molecule has 2 rings (SSSR count). The first-order chi connectivity index (χ1) is 10.2. The number of amides is 1. The Morgan fingerprint density at radius 2 is 1.76 bits per heavy atom. The van der Waals surface area contributed by atoms with Crippen LogP contribution in [0.3, 0.4) is 0 Å². The molecular formula is C16H24N2O3. The van der Waals surface area contributed by atoms with Gasteiger partial charge in [-0.05, 0) is 43.6 Å². The van der Waals surface area contributed by atoms with Gasteiger partial charge in [0.1, 0.15) is 11.5 Å². The van der Waals surface area contributed by atoms with Gasteiger partial charge in [0.15, 0.2) is 0 Å². The fourth-order valence-corrected chi connectivity index (χ4v) is 2.77. The molecule has 116 valence electrons. The van der Waals surface area contributed by atoms with Crippen LogP contribution in [0.15, 0.2) is 18.2 Å². The molecule has 1 aromatic rings. The second-order valence-corrected chi connectivity index (χ2v) is 5.39. The lowest BCUT2D eigenvalue weighted by atomic mass is 9.95. The smallest absolute Gasteiger partial charge is 0.222 e. The number of hydrogen-bond donors (Lipinski definition) is 1. The third-order valence-corrected chi connectivity index (χ3v) is 4.02. The van der Waals surface area contributed by atoms with E-state index in [1.54, 1.807) is 21.3 Å². The van der Waals surface area contributed by atoms with Gasteiger partial charge in [0.2, 0.25) is 5.91 Å². The number of nitrogens with zero attached hydrogens (tertiary/aromatic N) is 1. The van der Waals surface area contributed by atoms with E-state index >= 15 is 0 Å². The number of carbonyl (C=O) groups excluding carboxylic acids is 1. The van der Waals surface area contributed by atoms with Gasteiger partial charge in [-0.15, -0.1) is 0 Å². The summed E-state index contributed by atoms with van der Waals surface area (Å²) in [6, 6.07) is 5.95. The van der Waals surface area contributed by atoms with Crippen LogP contribution in [-0.4, -0.2) is 45.2 Å². The largest absolute Gasteiger partial charge is 0.497 e. The highest BCUT2D eigenvalue weighted by Crippen LogP contribution is 2.25. The van der Waals surface area contributed by atoms with Crippen molar-refractivity contribution in [2.24, 2.45) is 5.92 Å². The van der Waals surface area contributed by atoms with Gasteiger partial charge < -0.3 is 14.8 Å². The average Bonchev–Trinajstić information content (AvgIpc) is 2.54. The SMILES string of the molecule is CNC(=O)C1CCN(Cc2cc(OC)cc(OC)c2)CC1. The molecule has 1 aliphatic rings. The maximum atomic E-state index is 11.6. The topological polar surface area (TPSA) is 50.8 Å². The first kappa shape index (κ1) is 15.6. The van der Waals surface area contributed by atoms with Crippen LogP contribution in [0.2, 0.25) is 0 Å². The zero-order valence-electron chi connectivity index (χ0n) is 13.0. The van der Waals surface area contributed by atoms with E-state index in [4.69, 9.17) is 9.47 Å². The fourth-order valence-electron chi connectivity index (χ4n) is 2.77. The summed E-state index contributed by atoms with van der Waals surface area (Å²) in [7, 11) is 5.03. The number of carbonyl (C=O) groups is 1. The van der Waals surface area contributed by atoms with Crippen LogP contribution < -0.4 is 14.8 Å². The summed E-state index contributed by atoms with van der Waals surface area (Å²) in [4.78, 5) is 14.0. The molecule has 0 unspecified atom stereocenters. The molecular weight excluding hydrogens is 268 g/mol. The maximum Gasteiger partial charge on any atom is 0.222 e. The van der Waals surface area contributed by atoms with Crippen molar-refractivity contribution >= 4 is 5.91 Å². The number of nitrogens with one attached hydrogen (secondary N) is 1. The molecule has 1 saturated heterocycles. The Bertz CT molecular complexity index is 460. The number of methoxy groups -OCH3 is 2. The van der Waals surface area contributed by atoms with Crippen molar-refractivity contribution in [3.63, 3.8) is 0 Å². The van der Waals surface area contributed by atoms with E-state index in [1.807, 2.05) is 18.2 Å². The average molecular weight is 292 g/mol. The molecule has 0 aromatic heterocycles. The van der Waals surface area contributed by atoms with Gasteiger partial charge in [-0.3, -0.25) is 9.69 Å². The molecule has 0 radical (unpaired) electrons. The number of ether oxygens (including phenoxy) is 2. The van der Waals surface area contributed by atoms with Gasteiger partial charge in [-0.2, -0.15) is 0 Å². The highest BCUT2D eigenvalue weighted by Gasteiger charge is 2.24. The van der Waals surface area contributed by atoms with Crippen LogP contribution in [0.25, 0.3) is 0 Å². The molecule has 1 aliphatic heterocycles. The molecule has 5 heteroatoms. The van der Waals surface area contributed by atoms with Crippen molar-refractivity contribution in [1.29, 1.82) is 0 Å². The lowest BCUT2D eigenvalue weighted by Crippen LogP contribution is -2.39. The van der Waals surface area contributed by atoms with Crippen molar-refractivity contribution < 1.29 is 14.3 Å². The molecule has 0 bridgehead atoms. The molecule has 0 aliphatic carbocycles. The minimum absolute atomic E-state index is 0.158. The summed E-state index contributed by atoms with van der Waals surface area (Å²) in [5.41, 5.74) is 1.17. The first-order valence-corrected chi connectivity index (χ1v) is 7.32. The van der Waals surface area contributed by atoms with Crippen LogP contribution >= 0.6 is 0 Å². The second-order valence-electron chi connectivity index (χ2n) is 5.39. The molecule has 1 N–H and O–H groups in total. The number of benzene rings is 1. The Labute approximate surface area is 126 Å². The van der Waals surface area contributed by atoms with Crippen LogP contribution in [0.5, 0.6) is 11.5 Å². The van der Waals surface area contributed by atoms with Crippen LogP contribution in [0.1, 0.15) is 18.4 Å². The number of rotatable bonds is 5. The van der Waals surface area contributed by atoms with Crippen LogP contribution in [-0.2, 0) is 11.3 Å². The van der Waals surface area contributed by atoms with Gasteiger partial charge >= 0.3 is 0 Å². The number of piperidine rings is 1. The van der Waals surface area contributed by atoms with E-state index in [0.29, 0.717) is 0 Å². The Hall–Kier alpha value is -1.75. The van der Waals surface area contributed by atoms with Crippen LogP contribution in [0.4, 0.5) is 0 Å². The number of hydrogen-bond acceptors (Lipinski definition) is 4. The van der Waals surface area contributed by atoms with Gasteiger partial charge in [0, 0.05) is 25.6 Å². The van der Waals surface area contributed by atoms with Crippen molar-refractivity contribution in [2.45, 2.75) is 19.4 Å². The van der Waals surface area contributed by atoms with Gasteiger partial charge in [0.05, 0.1) is 14.2 Å². The van der Waals surface area contributed by atoms with Crippen molar-refractivity contribution in [3.05, 3.63) is 23.8 Å². The predicted molar refractivity (Wildman–Crippen MR) is 81.6 cm³/mol. The summed E-state index contributed by atoms with van der Waals surface area (Å²) in [6.07, 6.45) is 1.83. The van der Waals surface area contributed by atoms with Crippen molar-refractivity contribution in [1.82, 2.24) is 10.2 Å². The third kappa shape index (κ3) is 4.11. The molecule has 21 heavy (non-hydrogen) atoms. The van der Waals surface area contributed by atoms with Crippen molar-refractivity contribution in [2.75, 3.05) is 34.4 Å². The normalized spacial score (nSPS) is 16.5. The summed E-state index contributed by atoms with van der Waals surface area (Å²) < 4.78 is 10.6. The first-order valence-electron chi connectivity index (χ1n) is 7.32. The highest BCUT2D eigenvalue weighted by atomic mass is 16.5. The van der Waals surface area contributed by atoms with E-state index in [-0.39, 0.29) is 11.8 Å². The van der Waals surface area contributed by atoms with E-state index in [9.17, 15) is 4.79 Å².